The molecule has 1 amide bonds. The topological polar surface area (TPSA) is 58.6 Å². The van der Waals surface area contributed by atoms with Crippen LogP contribution in [0.15, 0.2) is 24.3 Å². The van der Waals surface area contributed by atoms with Gasteiger partial charge in [-0.25, -0.2) is 4.79 Å². The number of alkyl halides is 2. The highest BCUT2D eigenvalue weighted by Crippen LogP contribution is 2.62. The molecule has 7 unspecified atom stereocenters. The maximum absolute atomic E-state index is 13.4. The fraction of sp³-hybridized carbons (Fsp3) is 0.733. The lowest BCUT2D eigenvalue weighted by Crippen LogP contribution is -2.63. The van der Waals surface area contributed by atoms with Crippen molar-refractivity contribution < 1.29 is 14.3 Å². The van der Waals surface area contributed by atoms with Crippen molar-refractivity contribution in [2.75, 3.05) is 29.7 Å². The zero-order chi connectivity index (χ0) is 26.2. The van der Waals surface area contributed by atoms with Crippen LogP contribution in [0, 0.1) is 29.1 Å². The van der Waals surface area contributed by atoms with Gasteiger partial charge in [0.25, 0.3) is 0 Å². The molecule has 3 saturated carbocycles. The second-order valence-electron chi connectivity index (χ2n) is 12.4. The molecule has 204 valence electrons. The van der Waals surface area contributed by atoms with Gasteiger partial charge in [0.15, 0.2) is 0 Å². The number of piperidine rings is 1. The summed E-state index contributed by atoms with van der Waals surface area (Å²) in [6, 6.07) is 7.65. The van der Waals surface area contributed by atoms with Gasteiger partial charge in [-0.05, 0) is 99.5 Å². The van der Waals surface area contributed by atoms with Crippen molar-refractivity contribution in [1.82, 2.24) is 5.32 Å². The number of benzene rings is 1. The molecular weight excluding hydrogens is 507 g/mol. The Morgan fingerprint density at radius 1 is 1.03 bits per heavy atom. The van der Waals surface area contributed by atoms with Gasteiger partial charge in [0, 0.05) is 36.8 Å². The van der Waals surface area contributed by atoms with Crippen molar-refractivity contribution in [2.24, 2.45) is 29.1 Å². The number of carbonyl (C=O) groups excluding carboxylic acids is 2. The van der Waals surface area contributed by atoms with Gasteiger partial charge in [-0.15, -0.1) is 23.2 Å². The summed E-state index contributed by atoms with van der Waals surface area (Å²) in [7, 11) is 0. The summed E-state index contributed by atoms with van der Waals surface area (Å²) >= 11 is 12.1. The van der Waals surface area contributed by atoms with E-state index < -0.39 is 0 Å². The van der Waals surface area contributed by atoms with Gasteiger partial charge in [-0.1, -0.05) is 19.1 Å². The third-order valence-corrected chi connectivity index (χ3v) is 10.9. The zero-order valence-corrected chi connectivity index (χ0v) is 23.8. The molecular formula is C30H42Cl2N2O3. The number of hydrogen-bond acceptors (Lipinski definition) is 4. The van der Waals surface area contributed by atoms with E-state index in [0.29, 0.717) is 65.9 Å². The minimum atomic E-state index is -0.238. The van der Waals surface area contributed by atoms with Crippen LogP contribution in [0.25, 0.3) is 0 Å². The largest absolute Gasteiger partial charge is 0.459 e. The highest BCUT2D eigenvalue weighted by Gasteiger charge is 2.58. The lowest BCUT2D eigenvalue weighted by atomic mass is 9.45. The number of carbonyl (C=O) groups is 2. The van der Waals surface area contributed by atoms with Crippen LogP contribution in [0.3, 0.4) is 0 Å². The third kappa shape index (κ3) is 5.12. The van der Waals surface area contributed by atoms with E-state index in [1.165, 1.54) is 19.3 Å². The zero-order valence-electron chi connectivity index (χ0n) is 22.3. The first-order valence-electron chi connectivity index (χ1n) is 14.3. The van der Waals surface area contributed by atoms with Crippen LogP contribution < -0.4 is 10.2 Å². The first-order chi connectivity index (χ1) is 17.8. The SMILES string of the molecule is CC12CCC3C(CCC4CC(OC(=O)c5ccccc5N(CCCl)CCCl)CCC43C)C1CCC(=O)N2. The Balaban J connectivity index is 1.26. The average molecular weight is 550 g/mol. The minimum Gasteiger partial charge on any atom is -0.459 e. The van der Waals surface area contributed by atoms with Crippen molar-refractivity contribution in [3.8, 4) is 0 Å². The quantitative estimate of drug-likeness (QED) is 0.316. The highest BCUT2D eigenvalue weighted by atomic mass is 35.5. The normalized spacial score (nSPS) is 37.0. The standard InChI is InChI=1S/C30H42Cl2N2O3/c1-29-13-11-21(37-28(36)23-5-3-4-6-26(23)34(17-15-31)18-16-32)19-20(29)7-8-22-24(29)12-14-30(2)25(22)9-10-27(35)33-30/h3-6,20-22,24-25H,7-19H2,1-2H3,(H,33,35). The lowest BCUT2D eigenvalue weighted by molar-refractivity contribution is -0.142. The Morgan fingerprint density at radius 3 is 2.54 bits per heavy atom. The van der Waals surface area contributed by atoms with Gasteiger partial charge in [-0.2, -0.15) is 0 Å². The Bertz CT molecular complexity index is 999. The predicted octanol–water partition coefficient (Wildman–Crippen LogP) is 6.41. The van der Waals surface area contributed by atoms with E-state index >= 15 is 0 Å². The first kappa shape index (κ1) is 27.1. The predicted molar refractivity (Wildman–Crippen MR) is 149 cm³/mol. The Hall–Kier alpha value is -1.46. The molecule has 5 nitrogen and oxygen atoms in total. The van der Waals surface area contributed by atoms with Gasteiger partial charge >= 0.3 is 5.97 Å². The smallest absolute Gasteiger partial charge is 0.340 e. The van der Waals surface area contributed by atoms with Gasteiger partial charge in [0.2, 0.25) is 5.91 Å². The Labute approximate surface area is 232 Å². The molecule has 4 fully saturated rings. The summed E-state index contributed by atoms with van der Waals surface area (Å²) in [5, 5.41) is 3.37. The van der Waals surface area contributed by atoms with Gasteiger partial charge in [0.1, 0.15) is 6.10 Å². The van der Waals surface area contributed by atoms with E-state index in [-0.39, 0.29) is 23.5 Å². The van der Waals surface area contributed by atoms with Crippen LogP contribution in [0.1, 0.15) is 82.0 Å². The van der Waals surface area contributed by atoms with E-state index in [9.17, 15) is 9.59 Å². The number of esters is 1. The van der Waals surface area contributed by atoms with Crippen molar-refractivity contribution in [1.29, 1.82) is 0 Å². The Morgan fingerprint density at radius 2 is 1.78 bits per heavy atom. The van der Waals surface area contributed by atoms with Gasteiger partial charge < -0.3 is 15.0 Å². The molecule has 5 rings (SSSR count). The summed E-state index contributed by atoms with van der Waals surface area (Å²) in [5.41, 5.74) is 1.71. The van der Waals surface area contributed by atoms with E-state index in [4.69, 9.17) is 27.9 Å². The molecule has 1 aromatic carbocycles. The maximum Gasteiger partial charge on any atom is 0.340 e. The van der Waals surface area contributed by atoms with Crippen LogP contribution in [-0.2, 0) is 9.53 Å². The number of amides is 1. The van der Waals surface area contributed by atoms with E-state index in [2.05, 4.69) is 24.1 Å². The van der Waals surface area contributed by atoms with Crippen molar-refractivity contribution in [3.63, 3.8) is 0 Å². The highest BCUT2D eigenvalue weighted by molar-refractivity contribution is 6.18. The second-order valence-corrected chi connectivity index (χ2v) is 13.1. The Kier molecular flexibility index (Phi) is 8.03. The summed E-state index contributed by atoms with van der Waals surface area (Å²) in [6.45, 7) is 6.07. The molecule has 1 saturated heterocycles. The van der Waals surface area contributed by atoms with E-state index in [1.807, 2.05) is 24.3 Å². The van der Waals surface area contributed by atoms with Crippen LogP contribution in [0.2, 0.25) is 0 Å². The summed E-state index contributed by atoms with van der Waals surface area (Å²) < 4.78 is 6.19. The average Bonchev–Trinajstić information content (AvgIpc) is 2.88. The molecule has 0 spiro atoms. The number of halogens is 2. The maximum atomic E-state index is 13.4. The number of rotatable bonds is 7. The van der Waals surface area contributed by atoms with Crippen LogP contribution in [0.4, 0.5) is 5.69 Å². The molecule has 0 bridgehead atoms. The molecule has 7 heteroatoms. The number of ether oxygens (including phenoxy) is 1. The van der Waals surface area contributed by atoms with Crippen molar-refractivity contribution in [3.05, 3.63) is 29.8 Å². The number of para-hydroxylation sites is 1. The van der Waals surface area contributed by atoms with Crippen LogP contribution in [0.5, 0.6) is 0 Å². The molecule has 1 aliphatic heterocycles. The fourth-order valence-corrected chi connectivity index (χ4v) is 9.10. The van der Waals surface area contributed by atoms with Gasteiger partial charge in [0.05, 0.1) is 11.3 Å². The van der Waals surface area contributed by atoms with Gasteiger partial charge in [-0.3, -0.25) is 4.79 Å². The molecule has 1 aromatic rings. The molecule has 7 atom stereocenters. The summed E-state index contributed by atoms with van der Waals surface area (Å²) in [6.07, 6.45) is 9.38. The molecule has 3 aliphatic carbocycles. The van der Waals surface area contributed by atoms with E-state index in [1.54, 1.807) is 0 Å². The van der Waals surface area contributed by atoms with Crippen LogP contribution >= 0.6 is 23.2 Å². The summed E-state index contributed by atoms with van der Waals surface area (Å²) in [5.74, 6) is 3.51. The van der Waals surface area contributed by atoms with Crippen molar-refractivity contribution in [2.45, 2.75) is 83.3 Å². The molecule has 1 heterocycles. The molecule has 37 heavy (non-hydrogen) atoms. The van der Waals surface area contributed by atoms with E-state index in [0.717, 1.165) is 37.8 Å². The monoisotopic (exact) mass is 548 g/mol. The number of fused-ring (bicyclic) bond motifs is 5. The van der Waals surface area contributed by atoms with Crippen molar-refractivity contribution >= 4 is 40.8 Å². The molecule has 4 aliphatic rings. The molecule has 0 aromatic heterocycles. The number of nitrogens with zero attached hydrogens (tertiary/aromatic N) is 1. The number of nitrogens with one attached hydrogen (secondary N) is 1. The number of anilines is 1. The van der Waals surface area contributed by atoms with Crippen LogP contribution in [-0.4, -0.2) is 48.4 Å². The summed E-state index contributed by atoms with van der Waals surface area (Å²) in [4.78, 5) is 27.6. The lowest BCUT2D eigenvalue weighted by Gasteiger charge is -2.62. The molecule has 1 N–H and O–H groups in total. The fourth-order valence-electron chi connectivity index (χ4n) is 8.69. The third-order valence-electron chi connectivity index (χ3n) is 10.6. The number of hydrogen-bond donors (Lipinski definition) is 1. The molecule has 0 radical (unpaired) electrons. The minimum absolute atomic E-state index is 0.0272. The second kappa shape index (κ2) is 11.0. The first-order valence-corrected chi connectivity index (χ1v) is 15.3.